The zero-order valence-corrected chi connectivity index (χ0v) is 8.31. The van der Waals surface area contributed by atoms with Crippen LogP contribution >= 0.6 is 0 Å². The van der Waals surface area contributed by atoms with E-state index in [2.05, 4.69) is 15.2 Å². The van der Waals surface area contributed by atoms with Gasteiger partial charge in [0.15, 0.2) is 0 Å². The number of piperazine rings is 1. The van der Waals surface area contributed by atoms with Gasteiger partial charge in [0.25, 0.3) is 0 Å². The first-order valence-corrected chi connectivity index (χ1v) is 4.79. The van der Waals surface area contributed by atoms with Gasteiger partial charge in [-0.2, -0.15) is 4.98 Å². The summed E-state index contributed by atoms with van der Waals surface area (Å²) in [5.41, 5.74) is 0. The van der Waals surface area contributed by atoms with Crippen LogP contribution in [0.5, 0.6) is 5.88 Å². The quantitative estimate of drug-likeness (QED) is 0.685. The minimum absolute atomic E-state index is 0.671. The smallest absolute Gasteiger partial charge is 0.214 e. The zero-order chi connectivity index (χ0) is 9.80. The molecule has 1 aromatic rings. The second kappa shape index (κ2) is 4.28. The Morgan fingerprint density at radius 1 is 1.29 bits per heavy atom. The van der Waals surface area contributed by atoms with Crippen molar-refractivity contribution >= 4 is 5.82 Å². The van der Waals surface area contributed by atoms with Gasteiger partial charge in [0.1, 0.15) is 5.82 Å². The second-order valence-corrected chi connectivity index (χ2v) is 3.20. The molecule has 1 fully saturated rings. The lowest BCUT2D eigenvalue weighted by Gasteiger charge is -2.27. The van der Waals surface area contributed by atoms with E-state index in [9.17, 15) is 0 Å². The predicted octanol–water partition coefficient (Wildman–Crippen LogP) is 0.515. The van der Waals surface area contributed by atoms with Crippen molar-refractivity contribution in [3.05, 3.63) is 18.2 Å². The third kappa shape index (κ3) is 1.96. The fourth-order valence-electron chi connectivity index (χ4n) is 1.53. The fraction of sp³-hybridized carbons (Fsp3) is 0.500. The summed E-state index contributed by atoms with van der Waals surface area (Å²) in [6, 6.07) is 5.83. The van der Waals surface area contributed by atoms with Crippen LogP contribution in [0.4, 0.5) is 5.82 Å². The number of hydrogen-bond acceptors (Lipinski definition) is 3. The first-order valence-electron chi connectivity index (χ1n) is 4.79. The predicted molar refractivity (Wildman–Crippen MR) is 54.9 cm³/mol. The minimum Gasteiger partial charge on any atom is -0.481 e. The summed E-state index contributed by atoms with van der Waals surface area (Å²) in [6.07, 6.45) is 0. The number of ether oxygens (including phenoxy) is 1. The van der Waals surface area contributed by atoms with Crippen LogP contribution < -0.4 is 15.0 Å². The van der Waals surface area contributed by atoms with Crippen LogP contribution in [0.15, 0.2) is 18.2 Å². The Morgan fingerprint density at radius 2 is 2.07 bits per heavy atom. The molecule has 2 rings (SSSR count). The van der Waals surface area contributed by atoms with Gasteiger partial charge in [-0.25, -0.2) is 5.32 Å². The van der Waals surface area contributed by atoms with E-state index in [1.54, 1.807) is 7.11 Å². The van der Waals surface area contributed by atoms with E-state index < -0.39 is 0 Å². The molecular formula is C10H14N3O. The summed E-state index contributed by atoms with van der Waals surface area (Å²) in [7, 11) is 1.64. The van der Waals surface area contributed by atoms with Gasteiger partial charge in [-0.15, -0.1) is 0 Å². The molecule has 1 aliphatic rings. The molecule has 0 aromatic carbocycles. The Morgan fingerprint density at radius 3 is 2.79 bits per heavy atom. The van der Waals surface area contributed by atoms with E-state index in [1.807, 2.05) is 18.2 Å². The number of aromatic nitrogens is 1. The Bertz CT molecular complexity index is 297. The summed E-state index contributed by atoms with van der Waals surface area (Å²) < 4.78 is 5.08. The number of rotatable bonds is 2. The third-order valence-electron chi connectivity index (χ3n) is 2.30. The number of hydrogen-bond donors (Lipinski definition) is 0. The molecule has 0 bridgehead atoms. The van der Waals surface area contributed by atoms with Crippen molar-refractivity contribution in [3.63, 3.8) is 0 Å². The highest BCUT2D eigenvalue weighted by molar-refractivity contribution is 5.41. The summed E-state index contributed by atoms with van der Waals surface area (Å²) in [4.78, 5) is 6.61. The monoisotopic (exact) mass is 192 g/mol. The molecule has 0 unspecified atom stereocenters. The maximum atomic E-state index is 5.08. The molecule has 0 spiro atoms. The molecule has 0 aliphatic carbocycles. The van der Waals surface area contributed by atoms with Gasteiger partial charge in [-0.3, -0.25) is 0 Å². The largest absolute Gasteiger partial charge is 0.481 e. The highest BCUT2D eigenvalue weighted by atomic mass is 16.5. The molecule has 1 aromatic heterocycles. The maximum absolute atomic E-state index is 5.08. The lowest BCUT2D eigenvalue weighted by atomic mass is 10.3. The van der Waals surface area contributed by atoms with Crippen molar-refractivity contribution in [2.45, 2.75) is 0 Å². The molecule has 1 aliphatic heterocycles. The molecule has 4 nitrogen and oxygen atoms in total. The highest BCUT2D eigenvalue weighted by Crippen LogP contribution is 2.15. The van der Waals surface area contributed by atoms with Crippen molar-refractivity contribution in [2.24, 2.45) is 0 Å². The number of methoxy groups -OCH3 is 1. The van der Waals surface area contributed by atoms with Crippen LogP contribution in [0.25, 0.3) is 0 Å². The summed E-state index contributed by atoms with van der Waals surface area (Å²) in [5.74, 6) is 1.66. The first kappa shape index (κ1) is 9.27. The molecule has 4 heteroatoms. The summed E-state index contributed by atoms with van der Waals surface area (Å²) in [6.45, 7) is 3.72. The molecule has 0 N–H and O–H groups in total. The van der Waals surface area contributed by atoms with Crippen molar-refractivity contribution in [3.8, 4) is 5.88 Å². The fourth-order valence-corrected chi connectivity index (χ4v) is 1.53. The summed E-state index contributed by atoms with van der Waals surface area (Å²) >= 11 is 0. The van der Waals surface area contributed by atoms with Crippen LogP contribution in [0.2, 0.25) is 0 Å². The van der Waals surface area contributed by atoms with E-state index in [0.717, 1.165) is 32.0 Å². The molecule has 14 heavy (non-hydrogen) atoms. The SMILES string of the molecule is COc1cccc(N2CC[N]CC2)n1. The van der Waals surface area contributed by atoms with Crippen LogP contribution in [-0.2, 0) is 0 Å². The Hall–Kier alpha value is -1.29. The van der Waals surface area contributed by atoms with Crippen molar-refractivity contribution < 1.29 is 4.74 Å². The topological polar surface area (TPSA) is 39.5 Å². The Labute approximate surface area is 83.9 Å². The number of anilines is 1. The summed E-state index contributed by atoms with van der Waals surface area (Å²) in [5, 5.41) is 4.29. The van der Waals surface area contributed by atoms with Gasteiger partial charge in [0.05, 0.1) is 7.11 Å². The molecule has 1 saturated heterocycles. The van der Waals surface area contributed by atoms with Crippen LogP contribution in [0, 0.1) is 0 Å². The molecular weight excluding hydrogens is 178 g/mol. The average molecular weight is 192 g/mol. The maximum Gasteiger partial charge on any atom is 0.214 e. The Balaban J connectivity index is 2.13. The van der Waals surface area contributed by atoms with E-state index in [-0.39, 0.29) is 0 Å². The highest BCUT2D eigenvalue weighted by Gasteiger charge is 2.12. The van der Waals surface area contributed by atoms with Crippen LogP contribution in [-0.4, -0.2) is 38.3 Å². The number of nitrogens with zero attached hydrogens (tertiary/aromatic N) is 3. The van der Waals surface area contributed by atoms with Gasteiger partial charge >= 0.3 is 0 Å². The molecule has 0 saturated carbocycles. The lowest BCUT2D eigenvalue weighted by Crippen LogP contribution is -2.40. The third-order valence-corrected chi connectivity index (χ3v) is 2.30. The van der Waals surface area contributed by atoms with E-state index in [1.165, 1.54) is 0 Å². The van der Waals surface area contributed by atoms with E-state index in [0.29, 0.717) is 5.88 Å². The molecule has 0 amide bonds. The second-order valence-electron chi connectivity index (χ2n) is 3.20. The van der Waals surface area contributed by atoms with Gasteiger partial charge in [0.2, 0.25) is 5.88 Å². The van der Waals surface area contributed by atoms with Gasteiger partial charge in [-0.05, 0) is 6.07 Å². The standard InChI is InChI=1S/C10H14N3O/c1-14-10-4-2-3-9(12-10)13-7-5-11-6-8-13/h2-4H,5-8H2,1H3. The Kier molecular flexibility index (Phi) is 2.84. The number of pyridine rings is 1. The van der Waals surface area contributed by atoms with Crippen molar-refractivity contribution in [1.29, 1.82) is 0 Å². The minimum atomic E-state index is 0.671. The lowest BCUT2D eigenvalue weighted by molar-refractivity contribution is 0.397. The average Bonchev–Trinajstić information content (AvgIpc) is 2.30. The van der Waals surface area contributed by atoms with Gasteiger partial charge < -0.3 is 9.64 Å². The van der Waals surface area contributed by atoms with Crippen molar-refractivity contribution in [2.75, 3.05) is 38.2 Å². The molecule has 75 valence electrons. The normalized spacial score (nSPS) is 16.8. The van der Waals surface area contributed by atoms with Crippen LogP contribution in [0.1, 0.15) is 0 Å². The van der Waals surface area contributed by atoms with E-state index in [4.69, 9.17) is 4.74 Å². The molecule has 1 radical (unpaired) electrons. The van der Waals surface area contributed by atoms with Crippen molar-refractivity contribution in [1.82, 2.24) is 10.3 Å². The van der Waals surface area contributed by atoms with Gasteiger partial charge in [-0.1, -0.05) is 6.07 Å². The zero-order valence-electron chi connectivity index (χ0n) is 8.31. The molecule has 0 atom stereocenters. The van der Waals surface area contributed by atoms with Crippen LogP contribution in [0.3, 0.4) is 0 Å². The van der Waals surface area contributed by atoms with Gasteiger partial charge in [0, 0.05) is 32.2 Å². The van der Waals surface area contributed by atoms with E-state index >= 15 is 0 Å². The molecule has 2 heterocycles. The first-order chi connectivity index (χ1) is 6.90.